The highest BCUT2D eigenvalue weighted by Crippen LogP contribution is 2.20. The van der Waals surface area contributed by atoms with Gasteiger partial charge in [0, 0.05) is 6.07 Å². The molecule has 0 heterocycles. The minimum absolute atomic E-state index is 0.0393. The second-order valence-electron chi connectivity index (χ2n) is 3.78. The molecule has 0 bridgehead atoms. The minimum atomic E-state index is -4.31. The van der Waals surface area contributed by atoms with E-state index in [1.807, 2.05) is 0 Å². The molecule has 0 aliphatic heterocycles. The minimum Gasteiger partial charge on any atom is -0.478 e. The SMILES string of the molecule is CCOC(=O)CS(=O)(=O)Nc1cc(C(=O)O)c(F)cc1F. The van der Waals surface area contributed by atoms with Crippen LogP contribution in [0, 0.1) is 11.6 Å². The lowest BCUT2D eigenvalue weighted by Gasteiger charge is -2.09. The highest BCUT2D eigenvalue weighted by molar-refractivity contribution is 7.93. The molecule has 0 atom stereocenters. The molecule has 0 spiro atoms. The average Bonchev–Trinajstić information content (AvgIpc) is 2.31. The average molecular weight is 323 g/mol. The van der Waals surface area contributed by atoms with Gasteiger partial charge >= 0.3 is 11.9 Å². The molecule has 0 aliphatic rings. The molecule has 10 heteroatoms. The van der Waals surface area contributed by atoms with Gasteiger partial charge in [0.25, 0.3) is 0 Å². The van der Waals surface area contributed by atoms with E-state index in [4.69, 9.17) is 5.11 Å². The van der Waals surface area contributed by atoms with Gasteiger partial charge in [0.05, 0.1) is 17.9 Å². The molecule has 1 aromatic rings. The summed E-state index contributed by atoms with van der Waals surface area (Å²) >= 11 is 0. The van der Waals surface area contributed by atoms with Gasteiger partial charge < -0.3 is 9.84 Å². The van der Waals surface area contributed by atoms with Gasteiger partial charge in [-0.3, -0.25) is 9.52 Å². The molecule has 0 fully saturated rings. The Hall–Kier alpha value is -2.23. The van der Waals surface area contributed by atoms with Crippen LogP contribution in [-0.2, 0) is 19.6 Å². The van der Waals surface area contributed by atoms with Gasteiger partial charge in [-0.25, -0.2) is 22.0 Å². The van der Waals surface area contributed by atoms with E-state index in [1.165, 1.54) is 6.92 Å². The number of halogens is 2. The molecule has 21 heavy (non-hydrogen) atoms. The number of benzene rings is 1. The maximum absolute atomic E-state index is 13.4. The van der Waals surface area contributed by atoms with Crippen LogP contribution in [0.4, 0.5) is 14.5 Å². The van der Waals surface area contributed by atoms with E-state index in [9.17, 15) is 26.8 Å². The second-order valence-corrected chi connectivity index (χ2v) is 5.51. The molecule has 1 aromatic carbocycles. The zero-order chi connectivity index (χ0) is 16.2. The number of carbonyl (C=O) groups excluding carboxylic acids is 1. The quantitative estimate of drug-likeness (QED) is 0.755. The topological polar surface area (TPSA) is 110 Å². The maximum atomic E-state index is 13.4. The first-order valence-corrected chi connectivity index (χ1v) is 7.20. The van der Waals surface area contributed by atoms with E-state index in [2.05, 4.69) is 4.74 Å². The Morgan fingerprint density at radius 2 is 1.90 bits per heavy atom. The first kappa shape index (κ1) is 16.8. The normalized spacial score (nSPS) is 11.0. The van der Waals surface area contributed by atoms with Gasteiger partial charge in [0.1, 0.15) is 11.6 Å². The molecule has 0 aromatic heterocycles. The molecule has 116 valence electrons. The Kier molecular flexibility index (Phi) is 5.19. The largest absolute Gasteiger partial charge is 0.478 e. The lowest BCUT2D eigenvalue weighted by atomic mass is 10.2. The highest BCUT2D eigenvalue weighted by Gasteiger charge is 2.21. The summed E-state index contributed by atoms with van der Waals surface area (Å²) in [7, 11) is -4.31. The molecular formula is C11H11F2NO6S. The smallest absolute Gasteiger partial charge is 0.338 e. The zero-order valence-corrected chi connectivity index (χ0v) is 11.5. The summed E-state index contributed by atoms with van der Waals surface area (Å²) in [6.07, 6.45) is 0. The van der Waals surface area contributed by atoms with Crippen LogP contribution in [-0.4, -0.2) is 37.8 Å². The lowest BCUT2D eigenvalue weighted by Crippen LogP contribution is -2.25. The molecule has 1 rings (SSSR count). The lowest BCUT2D eigenvalue weighted by molar-refractivity contribution is -0.139. The summed E-state index contributed by atoms with van der Waals surface area (Å²) in [4.78, 5) is 21.8. The predicted molar refractivity (Wildman–Crippen MR) is 67.4 cm³/mol. The Labute approximate surface area is 118 Å². The van der Waals surface area contributed by atoms with Gasteiger partial charge in [-0.05, 0) is 13.0 Å². The fraction of sp³-hybridized carbons (Fsp3) is 0.273. The summed E-state index contributed by atoms with van der Waals surface area (Å²) in [5.41, 5.74) is -1.69. The third-order valence-corrected chi connectivity index (χ3v) is 3.31. The fourth-order valence-electron chi connectivity index (χ4n) is 1.35. The van der Waals surface area contributed by atoms with Crippen molar-refractivity contribution in [2.45, 2.75) is 6.92 Å². The van der Waals surface area contributed by atoms with E-state index < -0.39 is 50.6 Å². The van der Waals surface area contributed by atoms with Crippen molar-refractivity contribution in [2.75, 3.05) is 17.1 Å². The van der Waals surface area contributed by atoms with Crippen LogP contribution < -0.4 is 4.72 Å². The number of nitrogens with one attached hydrogen (secondary N) is 1. The van der Waals surface area contributed by atoms with Crippen molar-refractivity contribution in [1.29, 1.82) is 0 Å². The van der Waals surface area contributed by atoms with Crippen LogP contribution in [0.2, 0.25) is 0 Å². The second kappa shape index (κ2) is 6.48. The first-order valence-electron chi connectivity index (χ1n) is 5.54. The highest BCUT2D eigenvalue weighted by atomic mass is 32.2. The number of esters is 1. The van der Waals surface area contributed by atoms with E-state index in [1.54, 1.807) is 4.72 Å². The molecule has 0 aliphatic carbocycles. The molecule has 7 nitrogen and oxygen atoms in total. The molecule has 0 saturated heterocycles. The van der Waals surface area contributed by atoms with Crippen LogP contribution in [0.25, 0.3) is 0 Å². The maximum Gasteiger partial charge on any atom is 0.338 e. The number of carboxylic acids is 1. The summed E-state index contributed by atoms with van der Waals surface area (Å²) < 4.78 is 55.8. The number of ether oxygens (including phenoxy) is 1. The van der Waals surface area contributed by atoms with Crippen LogP contribution in [0.1, 0.15) is 17.3 Å². The number of carboxylic acid groups (broad SMARTS) is 1. The third kappa shape index (κ3) is 4.67. The summed E-state index contributed by atoms with van der Waals surface area (Å²) in [5, 5.41) is 8.68. The Bertz CT molecular complexity index is 674. The monoisotopic (exact) mass is 323 g/mol. The fourth-order valence-corrected chi connectivity index (χ4v) is 2.31. The van der Waals surface area contributed by atoms with Crippen molar-refractivity contribution in [1.82, 2.24) is 0 Å². The molecule has 2 N–H and O–H groups in total. The number of hydrogen-bond acceptors (Lipinski definition) is 5. The van der Waals surface area contributed by atoms with Crippen molar-refractivity contribution in [3.63, 3.8) is 0 Å². The van der Waals surface area contributed by atoms with Crippen LogP contribution in [0.15, 0.2) is 12.1 Å². The molecule has 0 radical (unpaired) electrons. The van der Waals surface area contributed by atoms with Gasteiger partial charge in [-0.15, -0.1) is 0 Å². The molecular weight excluding hydrogens is 312 g/mol. The van der Waals surface area contributed by atoms with Crippen LogP contribution in [0.5, 0.6) is 0 Å². The van der Waals surface area contributed by atoms with Gasteiger partial charge in [0.15, 0.2) is 5.75 Å². The number of sulfonamides is 1. The Morgan fingerprint density at radius 1 is 1.29 bits per heavy atom. The molecule has 0 saturated carbocycles. The van der Waals surface area contributed by atoms with Crippen molar-refractivity contribution >= 4 is 27.6 Å². The van der Waals surface area contributed by atoms with Crippen molar-refractivity contribution < 1.29 is 36.6 Å². The Balaban J connectivity index is 3.04. The van der Waals surface area contributed by atoms with E-state index in [0.717, 1.165) is 0 Å². The third-order valence-electron chi connectivity index (χ3n) is 2.17. The number of aromatic carboxylic acids is 1. The van der Waals surface area contributed by atoms with Crippen LogP contribution in [0.3, 0.4) is 0 Å². The first-order chi connectivity index (χ1) is 9.66. The summed E-state index contributed by atoms with van der Waals surface area (Å²) in [6, 6.07) is 0.710. The van der Waals surface area contributed by atoms with Crippen molar-refractivity contribution in [3.8, 4) is 0 Å². The predicted octanol–water partition coefficient (Wildman–Crippen LogP) is 0.968. The van der Waals surface area contributed by atoms with Crippen molar-refractivity contribution in [2.24, 2.45) is 0 Å². The van der Waals surface area contributed by atoms with Gasteiger partial charge in [-0.1, -0.05) is 0 Å². The van der Waals surface area contributed by atoms with Gasteiger partial charge in [0.2, 0.25) is 10.0 Å². The standard InChI is InChI=1S/C11H11F2NO6S/c1-2-20-10(15)5-21(18,19)14-9-3-6(11(16)17)7(12)4-8(9)13/h3-4,14H,2,5H2,1H3,(H,16,17). The number of carbonyl (C=O) groups is 2. The Morgan fingerprint density at radius 3 is 2.43 bits per heavy atom. The summed E-state index contributed by atoms with van der Waals surface area (Å²) in [6.45, 7) is 1.43. The summed E-state index contributed by atoms with van der Waals surface area (Å²) in [5.74, 6) is -6.51. The van der Waals surface area contributed by atoms with E-state index >= 15 is 0 Å². The molecule has 0 amide bonds. The van der Waals surface area contributed by atoms with Gasteiger partial charge in [-0.2, -0.15) is 0 Å². The molecule has 0 unspecified atom stereocenters. The zero-order valence-electron chi connectivity index (χ0n) is 10.7. The number of hydrogen-bond donors (Lipinski definition) is 2. The van der Waals surface area contributed by atoms with E-state index in [0.29, 0.717) is 6.07 Å². The number of rotatable bonds is 6. The van der Waals surface area contributed by atoms with E-state index in [-0.39, 0.29) is 12.7 Å². The van der Waals surface area contributed by atoms with Crippen LogP contribution >= 0.6 is 0 Å². The number of anilines is 1. The van der Waals surface area contributed by atoms with Crippen molar-refractivity contribution in [3.05, 3.63) is 29.3 Å².